The van der Waals surface area contributed by atoms with Crippen LogP contribution in [0.5, 0.6) is 5.75 Å². The summed E-state index contributed by atoms with van der Waals surface area (Å²) in [5, 5.41) is 9.62. The van der Waals surface area contributed by atoms with Crippen molar-refractivity contribution in [2.75, 3.05) is 16.4 Å². The largest absolute Gasteiger partial charge is 0.508 e. The number of anilines is 3. The van der Waals surface area contributed by atoms with Gasteiger partial charge in [0.05, 0.1) is 0 Å². The summed E-state index contributed by atoms with van der Waals surface area (Å²) >= 11 is 0. The Morgan fingerprint density at radius 1 is 0.640 bits per heavy atom. The maximum Gasteiger partial charge on any atom is 0.155 e. The van der Waals surface area contributed by atoms with Crippen molar-refractivity contribution in [3.8, 4) is 5.75 Å². The molecule has 0 amide bonds. The maximum atomic E-state index is 9.62. The Bertz CT molecular complexity index is 809. The summed E-state index contributed by atoms with van der Waals surface area (Å²) in [6, 6.07) is 26.8. The molecule has 0 aromatic heterocycles. The third-order valence-corrected chi connectivity index (χ3v) is 7.08. The minimum atomic E-state index is 0.287. The van der Waals surface area contributed by atoms with E-state index in [2.05, 4.69) is 53.4 Å². The van der Waals surface area contributed by atoms with Gasteiger partial charge in [0.15, 0.2) is 4.90 Å². The first-order valence-electron chi connectivity index (χ1n) is 8.73. The molecule has 25 heavy (non-hydrogen) atoms. The van der Waals surface area contributed by atoms with Gasteiger partial charge < -0.3 is 10.0 Å². The fourth-order valence-electron chi connectivity index (χ4n) is 3.30. The number of hydrogen-bond acceptors (Lipinski definition) is 2. The highest BCUT2D eigenvalue weighted by atomic mass is 32.2. The van der Waals surface area contributed by atoms with Crippen LogP contribution in [0.15, 0.2) is 83.8 Å². The van der Waals surface area contributed by atoms with Crippen LogP contribution in [-0.4, -0.2) is 16.6 Å². The molecule has 0 unspecified atom stereocenters. The second-order valence-corrected chi connectivity index (χ2v) is 8.56. The number of hydrogen-bond donors (Lipinski definition) is 1. The molecule has 3 heteroatoms. The quantitative estimate of drug-likeness (QED) is 0.617. The van der Waals surface area contributed by atoms with Crippen LogP contribution in [0, 0.1) is 0 Å². The summed E-state index contributed by atoms with van der Waals surface area (Å²) in [7, 11) is 0.444. The molecule has 0 bridgehead atoms. The van der Waals surface area contributed by atoms with Crippen molar-refractivity contribution < 1.29 is 5.11 Å². The Morgan fingerprint density at radius 2 is 1.16 bits per heavy atom. The summed E-state index contributed by atoms with van der Waals surface area (Å²) in [5.74, 6) is 2.98. The Morgan fingerprint density at radius 3 is 1.76 bits per heavy atom. The van der Waals surface area contributed by atoms with Crippen molar-refractivity contribution in [1.29, 1.82) is 0 Å². The minimum absolute atomic E-state index is 0.287. The van der Waals surface area contributed by atoms with Gasteiger partial charge in [0.2, 0.25) is 0 Å². The lowest BCUT2D eigenvalue weighted by Crippen LogP contribution is -2.10. The van der Waals surface area contributed by atoms with E-state index in [-0.39, 0.29) is 5.75 Å². The van der Waals surface area contributed by atoms with Crippen LogP contribution in [0.25, 0.3) is 0 Å². The SMILES string of the molecule is Oc1ccc(N(c2ccccc2)c2ccc([S+]3CCCC3)cc2)cc1. The van der Waals surface area contributed by atoms with E-state index in [9.17, 15) is 5.11 Å². The highest BCUT2D eigenvalue weighted by Crippen LogP contribution is 2.36. The number of aromatic hydroxyl groups is 1. The van der Waals surface area contributed by atoms with Crippen LogP contribution >= 0.6 is 0 Å². The summed E-state index contributed by atoms with van der Waals surface area (Å²) in [5.41, 5.74) is 3.30. The number of para-hydroxylation sites is 1. The second-order valence-electron chi connectivity index (χ2n) is 6.29. The summed E-state index contributed by atoms with van der Waals surface area (Å²) < 4.78 is 0. The van der Waals surface area contributed by atoms with Crippen LogP contribution in [0.3, 0.4) is 0 Å². The van der Waals surface area contributed by atoms with Crippen LogP contribution in [-0.2, 0) is 10.9 Å². The lowest BCUT2D eigenvalue weighted by molar-refractivity contribution is 0.475. The fraction of sp³-hybridized carbons (Fsp3) is 0.182. The molecule has 1 saturated heterocycles. The molecular formula is C22H22NOS+. The van der Waals surface area contributed by atoms with Gasteiger partial charge in [-0.2, -0.15) is 0 Å². The van der Waals surface area contributed by atoms with Crippen LogP contribution in [0.4, 0.5) is 17.1 Å². The van der Waals surface area contributed by atoms with Crippen molar-refractivity contribution >= 4 is 28.0 Å². The first kappa shape index (κ1) is 16.1. The van der Waals surface area contributed by atoms with E-state index >= 15 is 0 Å². The van der Waals surface area contributed by atoms with Crippen molar-refractivity contribution in [3.63, 3.8) is 0 Å². The van der Waals surface area contributed by atoms with Gasteiger partial charge in [-0.3, -0.25) is 0 Å². The van der Waals surface area contributed by atoms with Gasteiger partial charge in [-0.25, -0.2) is 0 Å². The van der Waals surface area contributed by atoms with Crippen molar-refractivity contribution in [2.24, 2.45) is 0 Å². The molecule has 0 aliphatic carbocycles. The van der Waals surface area contributed by atoms with Crippen molar-refractivity contribution in [3.05, 3.63) is 78.9 Å². The normalized spacial score (nSPS) is 14.6. The van der Waals surface area contributed by atoms with Gasteiger partial charge >= 0.3 is 0 Å². The molecule has 0 saturated carbocycles. The Hall–Kier alpha value is -2.39. The Labute approximate surface area is 152 Å². The van der Waals surface area contributed by atoms with Gasteiger partial charge in [-0.05, 0) is 73.5 Å². The number of nitrogens with zero attached hydrogens (tertiary/aromatic N) is 1. The zero-order chi connectivity index (χ0) is 17.1. The lowest BCUT2D eigenvalue weighted by atomic mass is 10.2. The molecule has 4 rings (SSSR count). The van der Waals surface area contributed by atoms with Crippen LogP contribution in [0.1, 0.15) is 12.8 Å². The zero-order valence-corrected chi connectivity index (χ0v) is 15.0. The minimum Gasteiger partial charge on any atom is -0.508 e. The molecular weight excluding hydrogens is 326 g/mol. The third kappa shape index (κ3) is 3.52. The predicted molar refractivity (Wildman–Crippen MR) is 107 cm³/mol. The molecule has 3 aromatic carbocycles. The molecule has 1 fully saturated rings. The summed E-state index contributed by atoms with van der Waals surface area (Å²) in [6.45, 7) is 0. The van der Waals surface area contributed by atoms with Gasteiger partial charge in [0.25, 0.3) is 0 Å². The molecule has 0 spiro atoms. The van der Waals surface area contributed by atoms with Gasteiger partial charge in [-0.1, -0.05) is 18.2 Å². The average molecular weight is 348 g/mol. The number of phenolic OH excluding ortho intramolecular Hbond substituents is 1. The molecule has 0 atom stereocenters. The molecule has 1 N–H and O–H groups in total. The van der Waals surface area contributed by atoms with E-state index < -0.39 is 0 Å². The summed E-state index contributed by atoms with van der Waals surface area (Å²) in [6.07, 6.45) is 2.74. The molecule has 0 radical (unpaired) electrons. The van der Waals surface area contributed by atoms with E-state index in [1.807, 2.05) is 18.2 Å². The highest BCUT2D eigenvalue weighted by Gasteiger charge is 2.26. The van der Waals surface area contributed by atoms with E-state index in [1.54, 1.807) is 12.1 Å². The monoisotopic (exact) mass is 348 g/mol. The topological polar surface area (TPSA) is 23.5 Å². The van der Waals surface area contributed by atoms with Crippen LogP contribution < -0.4 is 4.90 Å². The van der Waals surface area contributed by atoms with E-state index in [4.69, 9.17) is 0 Å². The fourth-order valence-corrected chi connectivity index (χ4v) is 5.61. The number of rotatable bonds is 4. The predicted octanol–water partition coefficient (Wildman–Crippen LogP) is 5.63. The molecule has 2 nitrogen and oxygen atoms in total. The average Bonchev–Trinajstić information content (AvgIpc) is 3.20. The van der Waals surface area contributed by atoms with Crippen molar-refractivity contribution in [1.82, 2.24) is 0 Å². The Balaban J connectivity index is 1.71. The standard InChI is InChI=1S/C22H21NOS/c24-21-12-8-19(9-13-21)23(18-6-2-1-3-7-18)20-10-14-22(15-11-20)25-16-4-5-17-25/h1-3,6-15H,4-5,16-17H2/p+1. The maximum absolute atomic E-state index is 9.62. The first-order chi connectivity index (χ1) is 12.3. The number of benzene rings is 3. The third-order valence-electron chi connectivity index (χ3n) is 4.58. The van der Waals surface area contributed by atoms with Gasteiger partial charge in [-0.15, -0.1) is 0 Å². The molecule has 1 heterocycles. The lowest BCUT2D eigenvalue weighted by Gasteiger charge is -2.25. The summed E-state index contributed by atoms with van der Waals surface area (Å²) in [4.78, 5) is 3.71. The number of phenols is 1. The highest BCUT2D eigenvalue weighted by molar-refractivity contribution is 7.97. The van der Waals surface area contributed by atoms with E-state index in [0.717, 1.165) is 17.1 Å². The second kappa shape index (κ2) is 7.24. The zero-order valence-electron chi connectivity index (χ0n) is 14.1. The molecule has 126 valence electrons. The van der Waals surface area contributed by atoms with Gasteiger partial charge in [0.1, 0.15) is 17.3 Å². The first-order valence-corrected chi connectivity index (χ1v) is 10.3. The van der Waals surface area contributed by atoms with Crippen molar-refractivity contribution in [2.45, 2.75) is 17.7 Å². The molecule has 3 aromatic rings. The Kier molecular flexibility index (Phi) is 4.66. The van der Waals surface area contributed by atoms with Crippen LogP contribution in [0.2, 0.25) is 0 Å². The molecule has 1 aliphatic heterocycles. The van der Waals surface area contributed by atoms with E-state index in [1.165, 1.54) is 29.2 Å². The van der Waals surface area contributed by atoms with Gasteiger partial charge in [0, 0.05) is 28.0 Å². The molecule has 1 aliphatic rings. The smallest absolute Gasteiger partial charge is 0.155 e. The van der Waals surface area contributed by atoms with E-state index in [0.29, 0.717) is 10.9 Å².